The maximum atomic E-state index is 14.0. The lowest BCUT2D eigenvalue weighted by molar-refractivity contribution is -0.114. The van der Waals surface area contributed by atoms with Crippen LogP contribution in [-0.2, 0) is 11.4 Å². The van der Waals surface area contributed by atoms with Gasteiger partial charge >= 0.3 is 0 Å². The highest BCUT2D eigenvalue weighted by Crippen LogP contribution is 2.38. The van der Waals surface area contributed by atoms with E-state index >= 15 is 0 Å². The van der Waals surface area contributed by atoms with Gasteiger partial charge in [0.1, 0.15) is 17.5 Å². The van der Waals surface area contributed by atoms with Gasteiger partial charge in [-0.25, -0.2) is 4.39 Å². The number of halogens is 3. The van der Waals surface area contributed by atoms with Crippen LogP contribution in [0.25, 0.3) is 6.08 Å². The number of amidine groups is 2. The van der Waals surface area contributed by atoms with Gasteiger partial charge in [-0.3, -0.25) is 10.2 Å². The first kappa shape index (κ1) is 25.0. The van der Waals surface area contributed by atoms with Crippen LogP contribution in [0, 0.1) is 11.2 Å². The van der Waals surface area contributed by atoms with Gasteiger partial charge in [-0.2, -0.15) is 15.1 Å². The number of thioether (sulfide) groups is 1. The summed E-state index contributed by atoms with van der Waals surface area (Å²) in [6, 6.07) is 16.6. The van der Waals surface area contributed by atoms with Crippen LogP contribution in [0.15, 0.2) is 76.3 Å². The third-order valence-corrected chi connectivity index (χ3v) is 7.00. The summed E-state index contributed by atoms with van der Waals surface area (Å²) in [5, 5.41) is 15.9. The number of rotatable bonds is 6. The number of methoxy groups -OCH3 is 1. The fourth-order valence-electron chi connectivity index (χ4n) is 3.63. The molecule has 5 rings (SSSR count). The van der Waals surface area contributed by atoms with Crippen LogP contribution in [0.2, 0.25) is 10.0 Å². The molecule has 0 unspecified atom stereocenters. The second-order valence-electron chi connectivity index (χ2n) is 7.82. The lowest BCUT2D eigenvalue weighted by Gasteiger charge is -2.20. The number of amides is 1. The van der Waals surface area contributed by atoms with Gasteiger partial charge in [0.25, 0.3) is 5.91 Å². The first-order valence-electron chi connectivity index (χ1n) is 10.8. The monoisotopic (exact) mass is 554 g/mol. The van der Waals surface area contributed by atoms with Crippen molar-refractivity contribution in [3.8, 4) is 11.5 Å². The number of hydrogen-bond acceptors (Lipinski definition) is 6. The predicted octanol–water partition coefficient (Wildman–Crippen LogP) is 6.39. The van der Waals surface area contributed by atoms with Crippen molar-refractivity contribution in [1.29, 1.82) is 5.41 Å². The highest BCUT2D eigenvalue weighted by Gasteiger charge is 2.36. The molecule has 7 nitrogen and oxygen atoms in total. The van der Waals surface area contributed by atoms with E-state index in [1.165, 1.54) is 24.3 Å². The van der Waals surface area contributed by atoms with Gasteiger partial charge in [0.05, 0.1) is 22.7 Å². The van der Waals surface area contributed by atoms with E-state index in [1.807, 2.05) is 6.07 Å². The molecule has 0 atom stereocenters. The summed E-state index contributed by atoms with van der Waals surface area (Å²) in [6.45, 7) is -0.0534. The summed E-state index contributed by atoms with van der Waals surface area (Å²) < 4.78 is 25.1. The third kappa shape index (κ3) is 4.98. The van der Waals surface area contributed by atoms with Gasteiger partial charge in [-0.15, -0.1) is 0 Å². The Kier molecular flexibility index (Phi) is 7.01. The summed E-state index contributed by atoms with van der Waals surface area (Å²) in [7, 11) is 1.44. The summed E-state index contributed by atoms with van der Waals surface area (Å²) >= 11 is 13.9. The number of nitrogens with zero attached hydrogens (tertiary/aromatic N) is 3. The Hall–Kier alpha value is -3.66. The van der Waals surface area contributed by atoms with Crippen LogP contribution >= 0.6 is 35.0 Å². The Morgan fingerprint density at radius 2 is 1.86 bits per heavy atom. The zero-order valence-electron chi connectivity index (χ0n) is 19.2. The summed E-state index contributed by atoms with van der Waals surface area (Å²) in [5.41, 5.74) is 1.54. The molecule has 0 radical (unpaired) electrons. The predicted molar refractivity (Wildman–Crippen MR) is 144 cm³/mol. The van der Waals surface area contributed by atoms with Crippen LogP contribution < -0.4 is 9.47 Å². The summed E-state index contributed by atoms with van der Waals surface area (Å²) in [6.07, 6.45) is 1.48. The lowest BCUT2D eigenvalue weighted by atomic mass is 10.1. The molecule has 1 N–H and O–H groups in total. The maximum absolute atomic E-state index is 14.0. The molecule has 37 heavy (non-hydrogen) atoms. The third-order valence-electron chi connectivity index (χ3n) is 5.45. The second-order valence-corrected chi connectivity index (χ2v) is 9.59. The quantitative estimate of drug-likeness (QED) is 0.357. The van der Waals surface area contributed by atoms with Crippen LogP contribution in [-0.4, -0.2) is 34.1 Å². The molecule has 3 aromatic carbocycles. The number of aliphatic imine (C=N–C) groups is 1. The number of hydrazone groups is 1. The molecule has 2 heterocycles. The molecular weight excluding hydrogens is 538 g/mol. The zero-order chi connectivity index (χ0) is 26.1. The molecule has 3 aromatic rings. The number of ether oxygens (including phenoxy) is 2. The van der Waals surface area contributed by atoms with Crippen LogP contribution in [0.3, 0.4) is 0 Å². The number of carbonyl (C=O) groups is 1. The molecule has 0 fully saturated rings. The number of carbonyl (C=O) groups excluding carboxylic acids is 1. The van der Waals surface area contributed by atoms with E-state index in [2.05, 4.69) is 10.1 Å². The van der Waals surface area contributed by atoms with E-state index in [0.29, 0.717) is 26.8 Å². The number of nitrogens with one attached hydrogen (secondary N) is 1. The molecule has 0 aliphatic carbocycles. The van der Waals surface area contributed by atoms with Crippen molar-refractivity contribution in [2.24, 2.45) is 10.1 Å². The van der Waals surface area contributed by atoms with Crippen molar-refractivity contribution in [3.63, 3.8) is 0 Å². The Labute approximate surface area is 225 Å². The molecule has 11 heteroatoms. The number of hydrogen-bond donors (Lipinski definition) is 1. The molecule has 0 saturated carbocycles. The summed E-state index contributed by atoms with van der Waals surface area (Å²) in [4.78, 5) is 16.9. The van der Waals surface area contributed by atoms with Gasteiger partial charge in [0, 0.05) is 11.1 Å². The van der Waals surface area contributed by atoms with Crippen molar-refractivity contribution in [3.05, 3.63) is 98.8 Å². The van der Waals surface area contributed by atoms with Gasteiger partial charge in [-0.1, -0.05) is 59.6 Å². The largest absolute Gasteiger partial charge is 0.493 e. The van der Waals surface area contributed by atoms with Crippen molar-refractivity contribution in [2.45, 2.75) is 6.61 Å². The molecule has 1 amide bonds. The first-order chi connectivity index (χ1) is 17.9. The van der Waals surface area contributed by atoms with Crippen LogP contribution in [0.5, 0.6) is 11.5 Å². The maximum Gasteiger partial charge on any atom is 0.283 e. The Morgan fingerprint density at radius 3 is 2.62 bits per heavy atom. The van der Waals surface area contributed by atoms with E-state index in [4.69, 9.17) is 38.1 Å². The van der Waals surface area contributed by atoms with Gasteiger partial charge in [-0.05, 0) is 47.7 Å². The minimum Gasteiger partial charge on any atom is -0.493 e. The van der Waals surface area contributed by atoms with Crippen LogP contribution in [0.1, 0.15) is 16.7 Å². The summed E-state index contributed by atoms with van der Waals surface area (Å²) in [5.74, 6) is -0.613. The topological polar surface area (TPSA) is 87.3 Å². The molecule has 0 spiro atoms. The normalized spacial score (nSPS) is 16.0. The van der Waals surface area contributed by atoms with Gasteiger partial charge in [0.15, 0.2) is 17.3 Å². The molecule has 2 aliphatic rings. The van der Waals surface area contributed by atoms with E-state index in [-0.39, 0.29) is 39.7 Å². The fourth-order valence-corrected chi connectivity index (χ4v) is 5.12. The molecule has 0 saturated heterocycles. The Morgan fingerprint density at radius 1 is 1.11 bits per heavy atom. The molecule has 186 valence electrons. The molecule has 2 aliphatic heterocycles. The van der Waals surface area contributed by atoms with E-state index < -0.39 is 11.7 Å². The second kappa shape index (κ2) is 10.4. The number of fused-ring (bicyclic) bond motifs is 1. The smallest absolute Gasteiger partial charge is 0.283 e. The molecule has 0 bridgehead atoms. The Bertz CT molecular complexity index is 1540. The lowest BCUT2D eigenvalue weighted by Crippen LogP contribution is -2.35. The van der Waals surface area contributed by atoms with E-state index in [9.17, 15) is 9.18 Å². The van der Waals surface area contributed by atoms with E-state index in [0.717, 1.165) is 11.8 Å². The van der Waals surface area contributed by atoms with Gasteiger partial charge < -0.3 is 9.47 Å². The highest BCUT2D eigenvalue weighted by molar-refractivity contribution is 8.27. The van der Waals surface area contributed by atoms with Crippen LogP contribution in [0.4, 0.5) is 4.39 Å². The average molecular weight is 555 g/mol. The minimum absolute atomic E-state index is 0.0200. The highest BCUT2D eigenvalue weighted by atomic mass is 35.5. The zero-order valence-corrected chi connectivity index (χ0v) is 21.5. The van der Waals surface area contributed by atoms with E-state index in [1.54, 1.807) is 48.5 Å². The molecule has 0 aromatic heterocycles. The average Bonchev–Trinajstić information content (AvgIpc) is 3.30. The Balaban J connectivity index is 1.43. The first-order valence-corrected chi connectivity index (χ1v) is 12.4. The molecular formula is C26H17Cl2FN4O3S. The SMILES string of the molecule is COc1cc(/C=C2\C(=N)N3N=C(c4ccccc4Cl)SC3=NC2=O)cc(Cl)c1OCc1ccccc1F. The van der Waals surface area contributed by atoms with Crippen molar-refractivity contribution in [1.82, 2.24) is 5.01 Å². The fraction of sp³-hybridized carbons (Fsp3) is 0.0769. The minimum atomic E-state index is -0.589. The van der Waals surface area contributed by atoms with Crippen molar-refractivity contribution in [2.75, 3.05) is 7.11 Å². The standard InChI is InChI=1S/C26H17Cl2FN4O3S/c1-35-21-12-14(11-19(28)22(21)36-13-15-6-2-5-9-20(15)29)10-17-23(30)33-26(31-24(17)34)37-25(32-33)16-7-3-4-8-18(16)27/h2-12,30H,13H2,1H3/b17-10+,30-23?. The number of benzene rings is 3. The van der Waals surface area contributed by atoms with Crippen molar-refractivity contribution >= 4 is 63.0 Å². The van der Waals surface area contributed by atoms with Gasteiger partial charge in [0.2, 0.25) is 5.17 Å². The van der Waals surface area contributed by atoms with Crippen molar-refractivity contribution < 1.29 is 18.7 Å².